The fourth-order valence-electron chi connectivity index (χ4n) is 3.05. The van der Waals surface area contributed by atoms with E-state index in [1.165, 1.54) is 11.8 Å². The first-order valence-electron chi connectivity index (χ1n) is 10.5. The normalized spacial score (nSPS) is 10.3. The van der Waals surface area contributed by atoms with Crippen molar-refractivity contribution < 1.29 is 19.0 Å². The molecule has 3 aromatic rings. The van der Waals surface area contributed by atoms with Crippen molar-refractivity contribution in [3.05, 3.63) is 58.4 Å². The van der Waals surface area contributed by atoms with Crippen LogP contribution in [-0.4, -0.2) is 42.0 Å². The van der Waals surface area contributed by atoms with Crippen LogP contribution in [-0.2, 0) is 4.79 Å². The summed E-state index contributed by atoms with van der Waals surface area (Å²) in [6, 6.07) is 13.8. The molecule has 3 rings (SSSR count). The largest absolute Gasteiger partial charge is 0.494 e. The number of carbonyl (C=O) groups excluding carboxylic acids is 1. The van der Waals surface area contributed by atoms with Gasteiger partial charge in [0.05, 0.1) is 18.9 Å². The minimum Gasteiger partial charge on any atom is -0.494 e. The number of hydrogen-bond acceptors (Lipinski definition) is 8. The lowest BCUT2D eigenvalue weighted by Gasteiger charge is -2.14. The van der Waals surface area contributed by atoms with Gasteiger partial charge in [0.1, 0.15) is 17.4 Å². The smallest absolute Gasteiger partial charge is 0.270 e. The zero-order valence-electron chi connectivity index (χ0n) is 19.0. The number of rotatable bonds is 10. The highest BCUT2D eigenvalue weighted by atomic mass is 32.2. The van der Waals surface area contributed by atoms with Crippen LogP contribution in [0.5, 0.6) is 17.2 Å². The minimum atomic E-state index is -0.513. The quantitative estimate of drug-likeness (QED) is 0.331. The van der Waals surface area contributed by atoms with Crippen LogP contribution in [0.1, 0.15) is 19.4 Å². The fourth-order valence-corrected chi connectivity index (χ4v) is 3.42. The minimum absolute atomic E-state index is 0.0938. The van der Waals surface area contributed by atoms with Gasteiger partial charge in [-0.2, -0.15) is 5.26 Å². The van der Waals surface area contributed by atoms with Gasteiger partial charge in [0.25, 0.3) is 11.5 Å². The number of thioether (sulfide) groups is 1. The van der Waals surface area contributed by atoms with Crippen LogP contribution in [0, 0.1) is 11.3 Å². The van der Waals surface area contributed by atoms with E-state index in [0.717, 1.165) is 5.75 Å². The molecule has 0 saturated heterocycles. The number of nitrogens with zero attached hydrogens (tertiary/aromatic N) is 2. The zero-order chi connectivity index (χ0) is 24.5. The number of hydrogen-bond donors (Lipinski definition) is 2. The third kappa shape index (κ3) is 6.08. The SMILES string of the molecule is CCOc1ccc(NC(=O)COc2ccc(-c3nc(SC)[nH]c(=O)c3C#N)cc2OCC)cc1. The zero-order valence-corrected chi connectivity index (χ0v) is 19.8. The molecule has 0 bridgehead atoms. The third-order valence-electron chi connectivity index (χ3n) is 4.53. The molecule has 1 heterocycles. The Kier molecular flexibility index (Phi) is 8.54. The predicted molar refractivity (Wildman–Crippen MR) is 130 cm³/mol. The standard InChI is InChI=1S/C24H24N4O5S/c1-4-31-17-9-7-16(8-10-17)26-21(29)14-33-19-11-6-15(12-20(19)32-5-2)22-18(13-25)23(30)28-24(27-22)34-3/h6-12H,4-5,14H2,1-3H3,(H,26,29)(H,27,28,30). The average molecular weight is 481 g/mol. The lowest BCUT2D eigenvalue weighted by molar-refractivity contribution is -0.118. The lowest BCUT2D eigenvalue weighted by Crippen LogP contribution is -2.20. The Morgan fingerprint density at radius 1 is 1.09 bits per heavy atom. The third-order valence-corrected chi connectivity index (χ3v) is 5.11. The van der Waals surface area contributed by atoms with Crippen molar-refractivity contribution in [3.8, 4) is 34.6 Å². The average Bonchev–Trinajstić information content (AvgIpc) is 2.84. The maximum absolute atomic E-state index is 12.4. The van der Waals surface area contributed by atoms with Crippen LogP contribution >= 0.6 is 11.8 Å². The van der Waals surface area contributed by atoms with E-state index in [-0.39, 0.29) is 23.8 Å². The molecule has 2 aromatic carbocycles. The van der Waals surface area contributed by atoms with E-state index in [4.69, 9.17) is 14.2 Å². The van der Waals surface area contributed by atoms with Crippen molar-refractivity contribution in [2.75, 3.05) is 31.4 Å². The number of nitrogens with one attached hydrogen (secondary N) is 2. The van der Waals surface area contributed by atoms with Gasteiger partial charge in [-0.15, -0.1) is 0 Å². The van der Waals surface area contributed by atoms with E-state index < -0.39 is 5.56 Å². The first-order valence-corrected chi connectivity index (χ1v) is 11.7. The number of anilines is 1. The summed E-state index contributed by atoms with van der Waals surface area (Å²) in [6.07, 6.45) is 1.77. The monoisotopic (exact) mass is 480 g/mol. The van der Waals surface area contributed by atoms with E-state index in [0.29, 0.717) is 41.1 Å². The van der Waals surface area contributed by atoms with Crippen LogP contribution in [0.25, 0.3) is 11.3 Å². The van der Waals surface area contributed by atoms with Gasteiger partial charge < -0.3 is 24.5 Å². The van der Waals surface area contributed by atoms with Crippen molar-refractivity contribution in [1.82, 2.24) is 9.97 Å². The molecule has 10 heteroatoms. The molecule has 0 fully saturated rings. The summed E-state index contributed by atoms with van der Waals surface area (Å²) in [6.45, 7) is 4.38. The predicted octanol–water partition coefficient (Wildman–Crippen LogP) is 3.85. The lowest BCUT2D eigenvalue weighted by atomic mass is 10.1. The van der Waals surface area contributed by atoms with Gasteiger partial charge in [-0.25, -0.2) is 4.98 Å². The maximum Gasteiger partial charge on any atom is 0.270 e. The Morgan fingerprint density at radius 3 is 2.47 bits per heavy atom. The molecule has 0 aliphatic heterocycles. The summed E-state index contributed by atoms with van der Waals surface area (Å²) < 4.78 is 16.7. The van der Waals surface area contributed by atoms with E-state index in [9.17, 15) is 14.9 Å². The van der Waals surface area contributed by atoms with Gasteiger partial charge in [-0.3, -0.25) is 9.59 Å². The first-order chi connectivity index (χ1) is 16.5. The van der Waals surface area contributed by atoms with E-state index in [2.05, 4.69) is 15.3 Å². The van der Waals surface area contributed by atoms with Crippen LogP contribution in [0.3, 0.4) is 0 Å². The number of nitriles is 1. The molecule has 1 aromatic heterocycles. The number of amides is 1. The summed E-state index contributed by atoms with van der Waals surface area (Å²) in [5.41, 5.74) is 0.778. The van der Waals surface area contributed by atoms with E-state index >= 15 is 0 Å². The Bertz CT molecular complexity index is 1250. The number of aromatic nitrogens is 2. The van der Waals surface area contributed by atoms with Gasteiger partial charge in [-0.05, 0) is 62.6 Å². The second-order valence-electron chi connectivity index (χ2n) is 6.80. The number of H-pyrrole nitrogens is 1. The number of benzene rings is 2. The summed E-state index contributed by atoms with van der Waals surface area (Å²) in [5.74, 6) is 1.09. The van der Waals surface area contributed by atoms with E-state index in [1.54, 1.807) is 48.7 Å². The Balaban J connectivity index is 1.77. The van der Waals surface area contributed by atoms with Crippen molar-refractivity contribution in [3.63, 3.8) is 0 Å². The number of aromatic amines is 1. The summed E-state index contributed by atoms with van der Waals surface area (Å²) in [5, 5.41) is 12.6. The number of carbonyl (C=O) groups is 1. The topological polar surface area (TPSA) is 126 Å². The second kappa shape index (κ2) is 11.8. The highest BCUT2D eigenvalue weighted by Gasteiger charge is 2.16. The summed E-state index contributed by atoms with van der Waals surface area (Å²) in [7, 11) is 0. The highest BCUT2D eigenvalue weighted by molar-refractivity contribution is 7.98. The van der Waals surface area contributed by atoms with Gasteiger partial charge >= 0.3 is 0 Å². The van der Waals surface area contributed by atoms with Crippen molar-refractivity contribution in [2.45, 2.75) is 19.0 Å². The summed E-state index contributed by atoms with van der Waals surface area (Å²) >= 11 is 1.26. The van der Waals surface area contributed by atoms with Gasteiger partial charge in [0, 0.05) is 11.3 Å². The van der Waals surface area contributed by atoms with Crippen LogP contribution in [0.2, 0.25) is 0 Å². The molecule has 9 nitrogen and oxygen atoms in total. The number of ether oxygens (including phenoxy) is 3. The van der Waals surface area contributed by atoms with Crippen LogP contribution < -0.4 is 25.1 Å². The summed E-state index contributed by atoms with van der Waals surface area (Å²) in [4.78, 5) is 31.5. The molecule has 34 heavy (non-hydrogen) atoms. The molecule has 0 aliphatic rings. The Morgan fingerprint density at radius 2 is 1.82 bits per heavy atom. The van der Waals surface area contributed by atoms with Crippen LogP contribution in [0.4, 0.5) is 5.69 Å². The molecule has 0 aliphatic carbocycles. The van der Waals surface area contributed by atoms with Crippen LogP contribution in [0.15, 0.2) is 52.4 Å². The Labute approximate surface area is 201 Å². The molecule has 2 N–H and O–H groups in total. The second-order valence-corrected chi connectivity index (χ2v) is 7.59. The molecule has 1 amide bonds. The van der Waals surface area contributed by atoms with Crippen molar-refractivity contribution in [1.29, 1.82) is 5.26 Å². The highest BCUT2D eigenvalue weighted by Crippen LogP contribution is 2.33. The molecule has 0 radical (unpaired) electrons. The first kappa shape index (κ1) is 24.7. The van der Waals surface area contributed by atoms with E-state index in [1.807, 2.05) is 19.9 Å². The van der Waals surface area contributed by atoms with Gasteiger partial charge in [0.15, 0.2) is 23.3 Å². The van der Waals surface area contributed by atoms with Crippen molar-refractivity contribution in [2.24, 2.45) is 0 Å². The maximum atomic E-state index is 12.4. The Hall–Kier alpha value is -3.97. The fraction of sp³-hybridized carbons (Fsp3) is 0.250. The molecule has 0 unspecified atom stereocenters. The molecule has 0 atom stereocenters. The molecule has 0 spiro atoms. The molecule has 0 saturated carbocycles. The molecular weight excluding hydrogens is 456 g/mol. The van der Waals surface area contributed by atoms with Gasteiger partial charge in [0.2, 0.25) is 0 Å². The molecule has 176 valence electrons. The van der Waals surface area contributed by atoms with Crippen molar-refractivity contribution >= 4 is 23.4 Å². The van der Waals surface area contributed by atoms with Gasteiger partial charge in [-0.1, -0.05) is 11.8 Å². The molecular formula is C24H24N4O5S.